The normalized spacial score (nSPS) is 32.3. The molecule has 0 bridgehead atoms. The van der Waals surface area contributed by atoms with E-state index in [4.69, 9.17) is 22.7 Å². The number of carbonyl (C=O) groups excluding carboxylic acids is 1. The molecule has 1 aliphatic carbocycles. The molecule has 0 saturated heterocycles. The van der Waals surface area contributed by atoms with Gasteiger partial charge >= 0.3 is 0 Å². The molecule has 0 aromatic heterocycles. The first kappa shape index (κ1) is 15.4. The lowest BCUT2D eigenvalue weighted by Crippen LogP contribution is -2.44. The molecule has 0 radical (unpaired) electrons. The van der Waals surface area contributed by atoms with Crippen molar-refractivity contribution in [2.24, 2.45) is 28.9 Å². The van der Waals surface area contributed by atoms with Crippen LogP contribution in [0.1, 0.15) is 47.0 Å². The van der Waals surface area contributed by atoms with Crippen LogP contribution >= 0.6 is 12.2 Å². The number of nitrogens with two attached hydrogens (primary N) is 1. The second kappa shape index (κ2) is 6.00. The van der Waals surface area contributed by atoms with Crippen LogP contribution in [-0.4, -0.2) is 17.6 Å². The quantitative estimate of drug-likeness (QED) is 0.800. The fourth-order valence-corrected chi connectivity index (χ4v) is 3.33. The van der Waals surface area contributed by atoms with Gasteiger partial charge in [0.05, 0.1) is 6.61 Å². The van der Waals surface area contributed by atoms with E-state index in [1.807, 2.05) is 6.92 Å². The number of amides is 1. The van der Waals surface area contributed by atoms with Crippen LogP contribution in [0.2, 0.25) is 0 Å². The summed E-state index contributed by atoms with van der Waals surface area (Å²) >= 11 is 5.36. The van der Waals surface area contributed by atoms with Crippen molar-refractivity contribution in [2.45, 2.75) is 47.0 Å². The second-order valence-corrected chi connectivity index (χ2v) is 6.31. The molecule has 4 heteroatoms. The predicted molar refractivity (Wildman–Crippen MR) is 77.2 cm³/mol. The van der Waals surface area contributed by atoms with E-state index in [1.54, 1.807) is 0 Å². The molecule has 1 rings (SSSR count). The summed E-state index contributed by atoms with van der Waals surface area (Å²) in [4.78, 5) is 11.7. The summed E-state index contributed by atoms with van der Waals surface area (Å²) in [5.41, 5.74) is 5.38. The molecule has 3 unspecified atom stereocenters. The van der Waals surface area contributed by atoms with Gasteiger partial charge in [-0.3, -0.25) is 4.79 Å². The lowest BCUT2D eigenvalue weighted by molar-refractivity contribution is -0.126. The van der Waals surface area contributed by atoms with Crippen LogP contribution in [0, 0.1) is 23.2 Å². The molecule has 1 aliphatic rings. The third kappa shape index (κ3) is 3.22. The smallest absolute Gasteiger partial charge is 0.220 e. The Morgan fingerprint density at radius 3 is 2.61 bits per heavy atom. The summed E-state index contributed by atoms with van der Waals surface area (Å²) in [6, 6.07) is 0. The van der Waals surface area contributed by atoms with Crippen molar-refractivity contribution in [1.82, 2.24) is 0 Å². The van der Waals surface area contributed by atoms with Crippen LogP contribution < -0.4 is 5.73 Å². The van der Waals surface area contributed by atoms with Crippen LogP contribution in [0.25, 0.3) is 0 Å². The summed E-state index contributed by atoms with van der Waals surface area (Å²) in [5, 5.41) is 0.637. The highest BCUT2D eigenvalue weighted by molar-refractivity contribution is 7.80. The van der Waals surface area contributed by atoms with E-state index in [1.165, 1.54) is 0 Å². The lowest BCUT2D eigenvalue weighted by atomic mass is 9.63. The fourth-order valence-electron chi connectivity index (χ4n) is 3.03. The van der Waals surface area contributed by atoms with Crippen molar-refractivity contribution in [3.8, 4) is 0 Å². The Kier molecular flexibility index (Phi) is 5.14. The molecule has 2 N–H and O–H groups in total. The second-order valence-electron chi connectivity index (χ2n) is 5.94. The number of hydrogen-bond acceptors (Lipinski definition) is 3. The summed E-state index contributed by atoms with van der Waals surface area (Å²) in [5.74, 6) is 0.578. The molecule has 1 amide bonds. The zero-order valence-corrected chi connectivity index (χ0v) is 12.7. The summed E-state index contributed by atoms with van der Waals surface area (Å²) in [7, 11) is 0. The Bertz CT molecular complexity index is 330. The first-order valence-electron chi connectivity index (χ1n) is 6.78. The minimum atomic E-state index is -0.195. The number of ether oxygens (including phenoxy) is 1. The minimum Gasteiger partial charge on any atom is -0.487 e. The Morgan fingerprint density at radius 1 is 1.56 bits per heavy atom. The molecule has 18 heavy (non-hydrogen) atoms. The highest BCUT2D eigenvalue weighted by Gasteiger charge is 2.44. The van der Waals surface area contributed by atoms with Crippen LogP contribution in [0.5, 0.6) is 0 Å². The monoisotopic (exact) mass is 271 g/mol. The maximum atomic E-state index is 11.7. The molecule has 0 spiro atoms. The Labute approximate surface area is 115 Å². The highest BCUT2D eigenvalue weighted by Crippen LogP contribution is 2.45. The Morgan fingerprint density at radius 2 is 2.17 bits per heavy atom. The first-order valence-corrected chi connectivity index (χ1v) is 7.19. The average molecular weight is 271 g/mol. The van der Waals surface area contributed by atoms with Crippen LogP contribution in [0.3, 0.4) is 0 Å². The molecule has 0 heterocycles. The van der Waals surface area contributed by atoms with Crippen LogP contribution in [-0.2, 0) is 9.53 Å². The van der Waals surface area contributed by atoms with Gasteiger partial charge in [-0.1, -0.05) is 20.8 Å². The van der Waals surface area contributed by atoms with E-state index in [2.05, 4.69) is 20.8 Å². The first-order chi connectivity index (χ1) is 8.31. The molecule has 104 valence electrons. The van der Waals surface area contributed by atoms with Crippen molar-refractivity contribution in [2.75, 3.05) is 6.61 Å². The molecule has 0 aromatic rings. The van der Waals surface area contributed by atoms with Gasteiger partial charge in [-0.25, -0.2) is 0 Å². The molecule has 1 fully saturated rings. The van der Waals surface area contributed by atoms with Gasteiger partial charge in [-0.2, -0.15) is 0 Å². The van der Waals surface area contributed by atoms with Gasteiger partial charge in [0.15, 0.2) is 5.05 Å². The number of rotatable bonds is 4. The van der Waals surface area contributed by atoms with Crippen molar-refractivity contribution in [3.63, 3.8) is 0 Å². The molecule has 0 aromatic carbocycles. The lowest BCUT2D eigenvalue weighted by Gasteiger charge is -2.42. The third-order valence-corrected chi connectivity index (χ3v) is 4.82. The number of thiocarbonyl (C=S) groups is 1. The third-order valence-electron chi connectivity index (χ3n) is 4.21. The molecule has 3 atom stereocenters. The number of hydrogen-bond donors (Lipinski definition) is 1. The molecule has 1 saturated carbocycles. The zero-order valence-electron chi connectivity index (χ0n) is 11.9. The molecule has 3 nitrogen and oxygen atoms in total. The van der Waals surface area contributed by atoms with Gasteiger partial charge in [0.1, 0.15) is 0 Å². The number of carbonyl (C=O) groups is 1. The van der Waals surface area contributed by atoms with Gasteiger partial charge in [0.25, 0.3) is 0 Å². The summed E-state index contributed by atoms with van der Waals surface area (Å²) in [6.07, 6.45) is 2.71. The average Bonchev–Trinajstić information content (AvgIpc) is 2.28. The zero-order chi connectivity index (χ0) is 13.9. The predicted octanol–water partition coefficient (Wildman–Crippen LogP) is 2.91. The minimum absolute atomic E-state index is 0.0813. The van der Waals surface area contributed by atoms with E-state index in [9.17, 15) is 4.79 Å². The van der Waals surface area contributed by atoms with Gasteiger partial charge < -0.3 is 10.5 Å². The largest absolute Gasteiger partial charge is 0.487 e. The molecule has 0 aliphatic heterocycles. The van der Waals surface area contributed by atoms with Gasteiger partial charge in [0.2, 0.25) is 5.91 Å². The van der Waals surface area contributed by atoms with Crippen molar-refractivity contribution in [1.29, 1.82) is 0 Å². The van der Waals surface area contributed by atoms with Crippen molar-refractivity contribution in [3.05, 3.63) is 0 Å². The fraction of sp³-hybridized carbons (Fsp3) is 0.857. The summed E-state index contributed by atoms with van der Waals surface area (Å²) in [6.45, 7) is 8.93. The van der Waals surface area contributed by atoms with Crippen LogP contribution in [0.15, 0.2) is 0 Å². The maximum Gasteiger partial charge on any atom is 0.220 e. The number of primary amides is 1. The van der Waals surface area contributed by atoms with E-state index in [-0.39, 0.29) is 17.2 Å². The highest BCUT2D eigenvalue weighted by atomic mass is 32.1. The van der Waals surface area contributed by atoms with Gasteiger partial charge in [-0.05, 0) is 50.2 Å². The Balaban J connectivity index is 2.85. The summed E-state index contributed by atoms with van der Waals surface area (Å²) < 4.78 is 5.49. The van der Waals surface area contributed by atoms with Gasteiger partial charge in [-0.15, -0.1) is 0 Å². The van der Waals surface area contributed by atoms with E-state index >= 15 is 0 Å². The maximum absolute atomic E-state index is 11.7. The van der Waals surface area contributed by atoms with E-state index in [0.717, 1.165) is 19.3 Å². The van der Waals surface area contributed by atoms with E-state index in [0.29, 0.717) is 23.5 Å². The molecular formula is C14H25NO2S. The van der Waals surface area contributed by atoms with Gasteiger partial charge in [0, 0.05) is 11.3 Å². The molecular weight excluding hydrogens is 246 g/mol. The van der Waals surface area contributed by atoms with Crippen molar-refractivity contribution < 1.29 is 9.53 Å². The topological polar surface area (TPSA) is 52.3 Å². The van der Waals surface area contributed by atoms with E-state index < -0.39 is 0 Å². The van der Waals surface area contributed by atoms with Crippen molar-refractivity contribution >= 4 is 23.2 Å². The van der Waals surface area contributed by atoms with Crippen LogP contribution in [0.4, 0.5) is 0 Å². The standard InChI is InChI=1S/C14H25NO2S/c1-5-17-13(18)14(4)7-6-10(9(2)3)11(8-14)12(15)16/h9-11H,5-8H2,1-4H3,(H2,15,16). The Hall–Kier alpha value is -0.640. The SMILES string of the molecule is CCOC(=S)C1(C)CCC(C(C)C)C(C(N)=O)C1.